The second-order valence-electron chi connectivity index (χ2n) is 4.71. The van der Waals surface area contributed by atoms with Gasteiger partial charge in [0.25, 0.3) is 0 Å². The Balaban J connectivity index is 0. The lowest BCUT2D eigenvalue weighted by molar-refractivity contribution is -0.907. The van der Waals surface area contributed by atoms with Gasteiger partial charge < -0.3 is 19.2 Å². The van der Waals surface area contributed by atoms with Gasteiger partial charge in [0, 0.05) is 6.42 Å². The first-order valence-corrected chi connectivity index (χ1v) is 6.36. The smallest absolute Gasteiger partial charge is 0.217 e. The van der Waals surface area contributed by atoms with Crippen LogP contribution < -0.4 is 0 Å². The highest BCUT2D eigenvalue weighted by Gasteiger charge is 2.38. The number of hydrogen-bond acceptors (Lipinski definition) is 6. The minimum absolute atomic E-state index is 0.137. The van der Waals surface area contributed by atoms with Crippen LogP contribution in [0.2, 0.25) is 0 Å². The van der Waals surface area contributed by atoms with E-state index in [0.29, 0.717) is 4.48 Å². The van der Waals surface area contributed by atoms with Crippen molar-refractivity contribution in [2.75, 3.05) is 28.3 Å². The maximum Gasteiger partial charge on any atom is 0.217 e. The molecule has 0 heterocycles. The first-order valence-electron chi connectivity index (χ1n) is 5.03. The van der Waals surface area contributed by atoms with E-state index in [1.807, 2.05) is 28.1 Å². The minimum atomic E-state index is -4.41. The fraction of sp³-hybridized carbons (Fsp3) is 1.00. The Morgan fingerprint density at radius 2 is 1.65 bits per heavy atom. The zero-order valence-electron chi connectivity index (χ0n) is 11.2. The predicted molar refractivity (Wildman–Crippen MR) is 61.7 cm³/mol. The van der Waals surface area contributed by atoms with Gasteiger partial charge in [0.15, 0.2) is 0 Å². The Bertz CT molecular complexity index is 286. The summed E-state index contributed by atoms with van der Waals surface area (Å²) < 4.78 is 31.6. The van der Waals surface area contributed by atoms with Gasteiger partial charge in [-0.3, -0.25) is 4.18 Å². The molecule has 0 bridgehead atoms. The summed E-state index contributed by atoms with van der Waals surface area (Å²) in [5.74, 6) is -1.58. The van der Waals surface area contributed by atoms with E-state index in [0.717, 1.165) is 13.5 Å². The van der Waals surface area contributed by atoms with Crippen molar-refractivity contribution in [1.82, 2.24) is 0 Å². The van der Waals surface area contributed by atoms with E-state index in [4.69, 9.17) is 0 Å². The highest BCUT2D eigenvalue weighted by atomic mass is 32.3. The Morgan fingerprint density at radius 1 is 1.35 bits per heavy atom. The fourth-order valence-electron chi connectivity index (χ4n) is 1.67. The standard InChI is InChI=1S/C8H20NO2.CH4O4S/c1-6-7(8(2,10)11)9(3,4)5;1-5-6(2,3)4/h7,10-11H,6H2,1-5H3;1H3,(H,2,3,4)/q+1;/p-1. The van der Waals surface area contributed by atoms with Crippen LogP contribution in [0, 0.1) is 0 Å². The number of aliphatic hydroxyl groups is 2. The summed E-state index contributed by atoms with van der Waals surface area (Å²) in [5, 5.41) is 18.7. The molecule has 1 unspecified atom stereocenters. The van der Waals surface area contributed by atoms with E-state index in [9.17, 15) is 23.2 Å². The van der Waals surface area contributed by atoms with E-state index < -0.39 is 16.2 Å². The summed E-state index contributed by atoms with van der Waals surface area (Å²) in [5.41, 5.74) is 0. The van der Waals surface area contributed by atoms with Gasteiger partial charge in [-0.2, -0.15) is 0 Å². The molecule has 0 fully saturated rings. The van der Waals surface area contributed by atoms with Crippen molar-refractivity contribution in [3.05, 3.63) is 0 Å². The summed E-state index contributed by atoms with van der Waals surface area (Å²) in [4.78, 5) is 0. The van der Waals surface area contributed by atoms with Crippen molar-refractivity contribution in [2.24, 2.45) is 0 Å². The molecule has 7 nitrogen and oxygen atoms in total. The second-order valence-corrected chi connectivity index (χ2v) is 5.86. The maximum atomic E-state index is 9.35. The lowest BCUT2D eigenvalue weighted by Crippen LogP contribution is -2.57. The summed E-state index contributed by atoms with van der Waals surface area (Å²) in [7, 11) is 2.27. The summed E-state index contributed by atoms with van der Waals surface area (Å²) in [6.45, 7) is 3.39. The molecule has 0 saturated carbocycles. The summed E-state index contributed by atoms with van der Waals surface area (Å²) in [6, 6.07) is -0.137. The lowest BCUT2D eigenvalue weighted by Gasteiger charge is -2.39. The van der Waals surface area contributed by atoms with Crippen LogP contribution in [-0.4, -0.2) is 67.7 Å². The molecule has 8 heteroatoms. The topological polar surface area (TPSA) is 107 Å². The molecule has 0 saturated heterocycles. The molecule has 0 aliphatic carbocycles. The average molecular weight is 273 g/mol. The molecule has 0 aromatic rings. The number of rotatable bonds is 4. The average Bonchev–Trinajstić information content (AvgIpc) is 1.99. The van der Waals surface area contributed by atoms with Crippen LogP contribution in [0.4, 0.5) is 0 Å². The van der Waals surface area contributed by atoms with Crippen LogP contribution in [-0.2, 0) is 14.6 Å². The van der Waals surface area contributed by atoms with Crippen LogP contribution in [0.5, 0.6) is 0 Å². The number of likely N-dealkylation sites (N-methyl/N-ethyl adjacent to an activating group) is 1. The molecule has 0 aliphatic heterocycles. The number of hydrogen-bond donors (Lipinski definition) is 2. The fourth-order valence-corrected chi connectivity index (χ4v) is 1.67. The molecule has 17 heavy (non-hydrogen) atoms. The van der Waals surface area contributed by atoms with E-state index in [-0.39, 0.29) is 6.04 Å². The molecule has 0 spiro atoms. The van der Waals surface area contributed by atoms with Crippen LogP contribution in [0.15, 0.2) is 0 Å². The Hall–Kier alpha value is -0.250. The summed E-state index contributed by atoms with van der Waals surface area (Å²) in [6.07, 6.45) is 0.757. The van der Waals surface area contributed by atoms with E-state index >= 15 is 0 Å². The molecule has 0 aromatic carbocycles. The Morgan fingerprint density at radius 3 is 1.65 bits per heavy atom. The highest BCUT2D eigenvalue weighted by Crippen LogP contribution is 2.18. The van der Waals surface area contributed by atoms with Gasteiger partial charge in [0.2, 0.25) is 16.2 Å². The van der Waals surface area contributed by atoms with Crippen molar-refractivity contribution in [3.8, 4) is 0 Å². The third-order valence-corrected chi connectivity index (χ3v) is 2.57. The zero-order valence-corrected chi connectivity index (χ0v) is 12.0. The first kappa shape index (κ1) is 19.1. The predicted octanol–water partition coefficient (Wildman–Crippen LogP) is -0.735. The maximum absolute atomic E-state index is 9.35. The largest absolute Gasteiger partial charge is 0.726 e. The zero-order chi connectivity index (χ0) is 14.5. The van der Waals surface area contributed by atoms with Crippen LogP contribution in [0.1, 0.15) is 20.3 Å². The Labute approximate surface area is 103 Å². The van der Waals surface area contributed by atoms with Gasteiger partial charge in [0.05, 0.1) is 28.3 Å². The van der Waals surface area contributed by atoms with Gasteiger partial charge in [-0.25, -0.2) is 8.42 Å². The van der Waals surface area contributed by atoms with Crippen molar-refractivity contribution >= 4 is 10.4 Å². The van der Waals surface area contributed by atoms with Crippen molar-refractivity contribution < 1.29 is 31.8 Å². The normalized spacial score (nSPS) is 14.9. The molecule has 0 amide bonds. The molecule has 0 aromatic heterocycles. The van der Waals surface area contributed by atoms with E-state index in [1.165, 1.54) is 6.92 Å². The van der Waals surface area contributed by atoms with Gasteiger partial charge in [-0.1, -0.05) is 6.92 Å². The minimum Gasteiger partial charge on any atom is -0.726 e. The first-order chi connectivity index (χ1) is 7.25. The molecule has 1 atom stereocenters. The van der Waals surface area contributed by atoms with Crippen LogP contribution >= 0.6 is 0 Å². The van der Waals surface area contributed by atoms with Crippen molar-refractivity contribution in [2.45, 2.75) is 32.1 Å². The van der Waals surface area contributed by atoms with Crippen LogP contribution in [0.25, 0.3) is 0 Å². The monoisotopic (exact) mass is 273 g/mol. The van der Waals surface area contributed by atoms with Gasteiger partial charge in [-0.15, -0.1) is 0 Å². The van der Waals surface area contributed by atoms with Crippen molar-refractivity contribution in [3.63, 3.8) is 0 Å². The van der Waals surface area contributed by atoms with E-state index in [1.54, 1.807) is 0 Å². The molecule has 0 rings (SSSR count). The van der Waals surface area contributed by atoms with Crippen LogP contribution in [0.3, 0.4) is 0 Å². The molecule has 0 aliphatic rings. The van der Waals surface area contributed by atoms with Gasteiger partial charge in [0.1, 0.15) is 6.04 Å². The molecular formula is C9H23NO6S. The number of nitrogens with zero attached hydrogens (tertiary/aromatic N) is 1. The van der Waals surface area contributed by atoms with Gasteiger partial charge in [-0.05, 0) is 6.92 Å². The summed E-state index contributed by atoms with van der Waals surface area (Å²) >= 11 is 0. The molecular weight excluding hydrogens is 250 g/mol. The van der Waals surface area contributed by atoms with Gasteiger partial charge >= 0.3 is 0 Å². The van der Waals surface area contributed by atoms with E-state index in [2.05, 4.69) is 4.18 Å². The second kappa shape index (κ2) is 6.62. The van der Waals surface area contributed by atoms with Crippen molar-refractivity contribution in [1.29, 1.82) is 0 Å². The molecule has 106 valence electrons. The Kier molecular flexibility index (Phi) is 7.44. The molecule has 2 N–H and O–H groups in total. The third-order valence-electron chi connectivity index (χ3n) is 2.16. The lowest BCUT2D eigenvalue weighted by atomic mass is 10.0. The number of quaternary nitrogens is 1. The molecule has 0 radical (unpaired) electrons. The SMILES string of the molecule is CCC(C(C)(O)O)[N+](C)(C)C.COS(=O)(=O)[O-]. The quantitative estimate of drug-likeness (QED) is 0.302. The third kappa shape index (κ3) is 10.6. The highest BCUT2D eigenvalue weighted by molar-refractivity contribution is 7.80.